The fourth-order valence-electron chi connectivity index (χ4n) is 3.73. The van der Waals surface area contributed by atoms with Crippen LogP contribution in [-0.4, -0.2) is 54.5 Å². The van der Waals surface area contributed by atoms with Gasteiger partial charge < -0.3 is 19.5 Å². The van der Waals surface area contributed by atoms with Crippen LogP contribution < -0.4 is 19.9 Å². The van der Waals surface area contributed by atoms with Gasteiger partial charge in [0.2, 0.25) is 0 Å². The van der Waals surface area contributed by atoms with Gasteiger partial charge in [0.25, 0.3) is 0 Å². The molecule has 2 aromatic carbocycles. The van der Waals surface area contributed by atoms with Gasteiger partial charge in [-0.15, -0.1) is 11.3 Å². The molecule has 0 atom stereocenters. The molecule has 0 unspecified atom stereocenters. The fourth-order valence-corrected chi connectivity index (χ4v) is 4.84. The summed E-state index contributed by atoms with van der Waals surface area (Å²) in [6, 6.07) is 15.2. The van der Waals surface area contributed by atoms with Crippen molar-refractivity contribution in [2.24, 2.45) is 0 Å². The van der Waals surface area contributed by atoms with Crippen molar-refractivity contribution in [1.29, 1.82) is 5.41 Å². The zero-order chi connectivity index (χ0) is 26.5. The van der Waals surface area contributed by atoms with Crippen LogP contribution in [0.5, 0.6) is 11.5 Å². The number of ether oxygens (including phenoxy) is 2. The molecule has 1 aromatic heterocycles. The number of hydroxylamine groups is 1. The number of nitrogens with one attached hydrogen (secondary N) is 2. The molecule has 1 heterocycles. The highest BCUT2D eigenvalue weighted by molar-refractivity contribution is 7.16. The summed E-state index contributed by atoms with van der Waals surface area (Å²) < 4.78 is 11.7. The van der Waals surface area contributed by atoms with Crippen LogP contribution in [0.1, 0.15) is 49.5 Å². The Morgan fingerprint density at radius 2 is 1.59 bits per heavy atom. The molecule has 4 N–H and O–H groups in total. The zero-order valence-electron chi connectivity index (χ0n) is 21.7. The third-order valence-corrected chi connectivity index (χ3v) is 7.14. The van der Waals surface area contributed by atoms with Crippen molar-refractivity contribution in [3.8, 4) is 22.8 Å². The van der Waals surface area contributed by atoms with Crippen LogP contribution in [0, 0.1) is 5.41 Å². The maximum atomic E-state index is 9.27. The van der Waals surface area contributed by atoms with Crippen molar-refractivity contribution >= 4 is 22.3 Å². The van der Waals surface area contributed by atoms with Crippen LogP contribution in [0.4, 0.5) is 5.13 Å². The first-order valence-electron chi connectivity index (χ1n) is 12.8. The van der Waals surface area contributed by atoms with Crippen LogP contribution in [-0.2, 0) is 6.42 Å². The van der Waals surface area contributed by atoms with Crippen molar-refractivity contribution < 1.29 is 19.8 Å². The standard InChI is InChI=1S/C28H38N4O4S/c1-3-4-8-25-26(30-28(37-25)32(2)17-18-33)21-9-13-23(14-10-21)35-19-6-5-7-20-36-24-15-11-22(12-16-24)27(29)31-34/h9-16,33-34H,3-8,17-20H2,1-2H3,(H2,29,31). The lowest BCUT2D eigenvalue weighted by Crippen LogP contribution is -2.20. The molecule has 9 heteroatoms. The summed E-state index contributed by atoms with van der Waals surface area (Å²) in [4.78, 5) is 8.17. The monoisotopic (exact) mass is 526 g/mol. The molecule has 0 radical (unpaired) electrons. The van der Waals surface area contributed by atoms with E-state index in [1.165, 1.54) is 4.88 Å². The van der Waals surface area contributed by atoms with Crippen LogP contribution in [0.25, 0.3) is 11.3 Å². The molecule has 0 aliphatic heterocycles. The Balaban J connectivity index is 1.42. The van der Waals surface area contributed by atoms with Crippen molar-refractivity contribution in [3.63, 3.8) is 0 Å². The van der Waals surface area contributed by atoms with Crippen LogP contribution in [0.15, 0.2) is 48.5 Å². The summed E-state index contributed by atoms with van der Waals surface area (Å²) in [6.45, 7) is 4.15. The predicted octanol–water partition coefficient (Wildman–Crippen LogP) is 5.51. The minimum absolute atomic E-state index is 0.0442. The lowest BCUT2D eigenvalue weighted by atomic mass is 10.1. The van der Waals surface area contributed by atoms with Gasteiger partial charge in [0.1, 0.15) is 17.3 Å². The van der Waals surface area contributed by atoms with Crippen LogP contribution >= 0.6 is 11.3 Å². The highest BCUT2D eigenvalue weighted by atomic mass is 32.1. The van der Waals surface area contributed by atoms with Crippen molar-refractivity contribution in [2.45, 2.75) is 45.4 Å². The van der Waals surface area contributed by atoms with Crippen molar-refractivity contribution in [3.05, 3.63) is 59.0 Å². The summed E-state index contributed by atoms with van der Waals surface area (Å²) >= 11 is 1.71. The normalized spacial score (nSPS) is 10.8. The van der Waals surface area contributed by atoms with E-state index in [0.717, 1.165) is 66.4 Å². The lowest BCUT2D eigenvalue weighted by molar-refractivity contribution is 0.234. The Kier molecular flexibility index (Phi) is 11.7. The van der Waals surface area contributed by atoms with E-state index >= 15 is 0 Å². The number of amidine groups is 1. The molecule has 0 fully saturated rings. The predicted molar refractivity (Wildman–Crippen MR) is 150 cm³/mol. The number of thiazole rings is 1. The highest BCUT2D eigenvalue weighted by Gasteiger charge is 2.15. The smallest absolute Gasteiger partial charge is 0.185 e. The minimum atomic E-state index is -0.0442. The van der Waals surface area contributed by atoms with E-state index in [2.05, 4.69) is 19.1 Å². The van der Waals surface area contributed by atoms with E-state index in [4.69, 9.17) is 25.1 Å². The Bertz CT molecular complexity index is 1090. The second-order valence-corrected chi connectivity index (χ2v) is 9.87. The number of aliphatic hydroxyl groups is 1. The summed E-state index contributed by atoms with van der Waals surface area (Å²) in [5.41, 5.74) is 4.55. The molecule has 0 saturated carbocycles. The molecule has 37 heavy (non-hydrogen) atoms. The van der Waals surface area contributed by atoms with Gasteiger partial charge in [0, 0.05) is 29.6 Å². The molecule has 3 rings (SSSR count). The van der Waals surface area contributed by atoms with Gasteiger partial charge in [0.05, 0.1) is 25.5 Å². The molecular formula is C28H38N4O4S. The molecule has 0 amide bonds. The Morgan fingerprint density at radius 3 is 2.16 bits per heavy atom. The number of rotatable bonds is 16. The Morgan fingerprint density at radius 1 is 0.973 bits per heavy atom. The third kappa shape index (κ3) is 8.73. The van der Waals surface area contributed by atoms with Gasteiger partial charge in [-0.3, -0.25) is 16.1 Å². The summed E-state index contributed by atoms with van der Waals surface area (Å²) in [5.74, 6) is 1.55. The largest absolute Gasteiger partial charge is 0.494 e. The van der Waals surface area contributed by atoms with Gasteiger partial charge in [0.15, 0.2) is 5.13 Å². The first kappa shape index (κ1) is 28.4. The second-order valence-electron chi connectivity index (χ2n) is 8.81. The average Bonchev–Trinajstić information content (AvgIpc) is 3.36. The second kappa shape index (κ2) is 15.2. The van der Waals surface area contributed by atoms with E-state index < -0.39 is 0 Å². The first-order valence-corrected chi connectivity index (χ1v) is 13.6. The molecule has 8 nitrogen and oxygen atoms in total. The number of hydrogen-bond acceptors (Lipinski definition) is 8. The zero-order valence-corrected chi connectivity index (χ0v) is 22.5. The SMILES string of the molecule is CCCCc1sc(N(C)CCO)nc1-c1ccc(OCCCCCOc2ccc(C(=N)NO)cc2)cc1. The van der Waals surface area contributed by atoms with E-state index in [0.29, 0.717) is 25.3 Å². The summed E-state index contributed by atoms with van der Waals surface area (Å²) in [5, 5.41) is 26.5. The minimum Gasteiger partial charge on any atom is -0.494 e. The maximum Gasteiger partial charge on any atom is 0.185 e. The number of benzene rings is 2. The molecule has 3 aromatic rings. The van der Waals surface area contributed by atoms with Gasteiger partial charge in [-0.05, 0) is 80.6 Å². The average molecular weight is 527 g/mol. The highest BCUT2D eigenvalue weighted by Crippen LogP contribution is 2.34. The Hall–Kier alpha value is -3.14. The number of hydrogen-bond donors (Lipinski definition) is 4. The van der Waals surface area contributed by atoms with Crippen molar-refractivity contribution in [2.75, 3.05) is 38.3 Å². The summed E-state index contributed by atoms with van der Waals surface area (Å²) in [7, 11) is 1.97. The maximum absolute atomic E-state index is 9.27. The van der Waals surface area contributed by atoms with Crippen LogP contribution in [0.3, 0.4) is 0 Å². The number of aryl methyl sites for hydroxylation is 1. The van der Waals surface area contributed by atoms with E-state index in [9.17, 15) is 5.11 Å². The number of aliphatic hydroxyl groups excluding tert-OH is 1. The van der Waals surface area contributed by atoms with Crippen molar-refractivity contribution in [1.82, 2.24) is 10.5 Å². The van der Waals surface area contributed by atoms with Gasteiger partial charge in [-0.25, -0.2) is 4.98 Å². The van der Waals surface area contributed by atoms with Gasteiger partial charge in [-0.2, -0.15) is 0 Å². The third-order valence-electron chi connectivity index (χ3n) is 5.91. The summed E-state index contributed by atoms with van der Waals surface area (Å²) in [6.07, 6.45) is 6.15. The number of anilines is 1. The number of nitrogens with zero attached hydrogens (tertiary/aromatic N) is 2. The molecule has 0 bridgehead atoms. The molecule has 0 spiro atoms. The molecule has 200 valence electrons. The molecular weight excluding hydrogens is 488 g/mol. The van der Waals surface area contributed by atoms with Crippen LogP contribution in [0.2, 0.25) is 0 Å². The number of likely N-dealkylation sites (N-methyl/N-ethyl adjacent to an activating group) is 1. The molecule has 0 saturated heterocycles. The molecule has 0 aliphatic carbocycles. The van der Waals surface area contributed by atoms with E-state index in [1.54, 1.807) is 35.6 Å². The number of aromatic nitrogens is 1. The van der Waals surface area contributed by atoms with E-state index in [1.807, 2.05) is 29.6 Å². The number of unbranched alkanes of at least 4 members (excludes halogenated alkanes) is 3. The van der Waals surface area contributed by atoms with E-state index in [-0.39, 0.29) is 12.4 Å². The van der Waals surface area contributed by atoms with Gasteiger partial charge in [-0.1, -0.05) is 13.3 Å². The first-order chi connectivity index (χ1) is 18.0. The fraction of sp³-hybridized carbons (Fsp3) is 0.429. The Labute approximate surface area is 223 Å². The topological polar surface area (TPSA) is 111 Å². The molecule has 0 aliphatic rings. The van der Waals surface area contributed by atoms with Gasteiger partial charge >= 0.3 is 0 Å². The quantitative estimate of drug-likeness (QED) is 0.0842. The lowest BCUT2D eigenvalue weighted by Gasteiger charge is -2.13.